The van der Waals surface area contributed by atoms with Crippen molar-refractivity contribution in [2.24, 2.45) is 0 Å². The van der Waals surface area contributed by atoms with Gasteiger partial charge < -0.3 is 10.1 Å². The molecule has 3 aromatic carbocycles. The Bertz CT molecular complexity index is 1400. The molecule has 2 aliphatic rings. The molecule has 2 atom stereocenters. The number of anilines is 1. The lowest BCUT2D eigenvalue weighted by Crippen LogP contribution is -2.32. The fraction of sp³-hybridized carbons (Fsp3) is 0.120. The van der Waals surface area contributed by atoms with Gasteiger partial charge in [-0.15, -0.1) is 5.10 Å². The molecule has 0 radical (unpaired) electrons. The summed E-state index contributed by atoms with van der Waals surface area (Å²) in [5.74, 6) is 1.05. The van der Waals surface area contributed by atoms with Gasteiger partial charge in [0.05, 0.1) is 5.70 Å². The molecule has 5 nitrogen and oxygen atoms in total. The highest BCUT2D eigenvalue weighted by molar-refractivity contribution is 9.10. The van der Waals surface area contributed by atoms with Crippen molar-refractivity contribution in [3.05, 3.63) is 105 Å². The third-order valence-electron chi connectivity index (χ3n) is 5.92. The number of para-hydroxylation sites is 1. The third kappa shape index (κ3) is 3.36. The molecule has 0 aliphatic carbocycles. The number of rotatable bonds is 3. The second kappa shape index (κ2) is 8.04. The molecule has 0 amide bonds. The topological polar surface area (TPSA) is 52.0 Å². The van der Waals surface area contributed by atoms with Gasteiger partial charge in [-0.3, -0.25) is 0 Å². The summed E-state index contributed by atoms with van der Waals surface area (Å²) in [4.78, 5) is 4.65. The molecular weight excluding hydrogens is 503 g/mol. The average molecular weight is 521 g/mol. The first-order valence-electron chi connectivity index (χ1n) is 10.4. The van der Waals surface area contributed by atoms with Crippen molar-refractivity contribution in [2.75, 3.05) is 11.6 Å². The molecule has 1 aromatic heterocycles. The van der Waals surface area contributed by atoms with Gasteiger partial charge in [-0.05, 0) is 42.2 Å². The SMILES string of the molecule is CSc1nc2n(n1)[C@H](c1ccccc1F)C1=C(N2)c2ccccc2O[C@@H]1c1ccc(Br)cc1. The van der Waals surface area contributed by atoms with Crippen LogP contribution in [0.3, 0.4) is 0 Å². The first-order valence-corrected chi connectivity index (χ1v) is 12.4. The highest BCUT2D eigenvalue weighted by atomic mass is 79.9. The predicted molar refractivity (Wildman–Crippen MR) is 131 cm³/mol. The number of nitrogens with one attached hydrogen (secondary N) is 1. The maximum atomic E-state index is 15.2. The number of thioether (sulfide) groups is 1. The van der Waals surface area contributed by atoms with Crippen molar-refractivity contribution in [1.82, 2.24) is 14.8 Å². The van der Waals surface area contributed by atoms with Crippen LogP contribution in [0.4, 0.5) is 10.3 Å². The number of fused-ring (bicyclic) bond motifs is 3. The highest BCUT2D eigenvalue weighted by Crippen LogP contribution is 2.51. The van der Waals surface area contributed by atoms with Crippen LogP contribution in [0.15, 0.2) is 88.0 Å². The Morgan fingerprint density at radius 2 is 1.79 bits per heavy atom. The summed E-state index contributed by atoms with van der Waals surface area (Å²) in [7, 11) is 0. The number of benzene rings is 3. The number of halogens is 2. The van der Waals surface area contributed by atoms with Gasteiger partial charge in [0.15, 0.2) is 0 Å². The maximum Gasteiger partial charge on any atom is 0.227 e. The summed E-state index contributed by atoms with van der Waals surface area (Å²) < 4.78 is 24.6. The number of nitrogens with zero attached hydrogens (tertiary/aromatic N) is 3. The van der Waals surface area contributed by atoms with Crippen LogP contribution in [0.2, 0.25) is 0 Å². The van der Waals surface area contributed by atoms with Crippen molar-refractivity contribution < 1.29 is 9.13 Å². The van der Waals surface area contributed by atoms with Crippen molar-refractivity contribution >= 4 is 39.3 Å². The van der Waals surface area contributed by atoms with Crippen LogP contribution in [0, 0.1) is 5.82 Å². The van der Waals surface area contributed by atoms with Crippen LogP contribution in [-0.2, 0) is 0 Å². The van der Waals surface area contributed by atoms with E-state index in [0.29, 0.717) is 16.7 Å². The van der Waals surface area contributed by atoms with Crippen molar-refractivity contribution in [2.45, 2.75) is 17.3 Å². The lowest BCUT2D eigenvalue weighted by atomic mass is 9.84. The lowest BCUT2D eigenvalue weighted by Gasteiger charge is -2.39. The van der Waals surface area contributed by atoms with Crippen molar-refractivity contribution in [1.29, 1.82) is 0 Å². The molecule has 6 rings (SSSR count). The molecule has 0 spiro atoms. The van der Waals surface area contributed by atoms with Crippen LogP contribution in [0.1, 0.15) is 28.8 Å². The molecule has 0 saturated heterocycles. The Balaban J connectivity index is 1.65. The Labute approximate surface area is 202 Å². The van der Waals surface area contributed by atoms with Gasteiger partial charge in [0.2, 0.25) is 11.1 Å². The second-order valence-electron chi connectivity index (χ2n) is 7.79. The molecule has 8 heteroatoms. The molecule has 1 N–H and O–H groups in total. The molecule has 33 heavy (non-hydrogen) atoms. The standard InChI is InChI=1S/C25H18BrFN4OS/c1-33-25-29-24-28-21-17-7-3-5-9-19(17)32-23(14-10-12-15(26)13-11-14)20(21)22(31(24)30-25)16-6-2-4-8-18(16)27/h2-13,22-23H,1H3,(H,28,29,30)/t22-,23-/m1/s1. The Kier molecular flexibility index (Phi) is 4.99. The minimum atomic E-state index is -0.521. The molecule has 4 aromatic rings. The largest absolute Gasteiger partial charge is 0.480 e. The minimum absolute atomic E-state index is 0.295. The summed E-state index contributed by atoms with van der Waals surface area (Å²) in [6, 6.07) is 22.2. The van der Waals surface area contributed by atoms with E-state index in [1.807, 2.05) is 60.9 Å². The Morgan fingerprint density at radius 3 is 2.58 bits per heavy atom. The fourth-order valence-electron chi connectivity index (χ4n) is 4.45. The molecule has 164 valence electrons. The van der Waals surface area contributed by atoms with Gasteiger partial charge in [-0.25, -0.2) is 9.07 Å². The van der Waals surface area contributed by atoms with E-state index >= 15 is 4.39 Å². The quantitative estimate of drug-likeness (QED) is 0.314. The molecular formula is C25H18BrFN4OS. The number of hydrogen-bond acceptors (Lipinski definition) is 5. The van der Waals surface area contributed by atoms with E-state index in [1.165, 1.54) is 17.8 Å². The Hall–Kier alpha value is -3.10. The van der Waals surface area contributed by atoms with E-state index < -0.39 is 12.1 Å². The smallest absolute Gasteiger partial charge is 0.227 e. The fourth-order valence-corrected chi connectivity index (χ4v) is 5.06. The van der Waals surface area contributed by atoms with E-state index in [4.69, 9.17) is 9.84 Å². The van der Waals surface area contributed by atoms with E-state index in [0.717, 1.165) is 32.6 Å². The minimum Gasteiger partial charge on any atom is -0.480 e. The summed E-state index contributed by atoms with van der Waals surface area (Å²) in [5.41, 5.74) is 4.19. The van der Waals surface area contributed by atoms with Gasteiger partial charge in [-0.2, -0.15) is 4.98 Å². The number of ether oxygens (including phenoxy) is 1. The molecule has 0 unspecified atom stereocenters. The van der Waals surface area contributed by atoms with Crippen molar-refractivity contribution in [3.8, 4) is 5.75 Å². The van der Waals surface area contributed by atoms with Gasteiger partial charge in [0.25, 0.3) is 0 Å². The van der Waals surface area contributed by atoms with E-state index in [1.54, 1.807) is 16.8 Å². The van der Waals surface area contributed by atoms with E-state index in [-0.39, 0.29) is 5.82 Å². The summed E-state index contributed by atoms with van der Waals surface area (Å²) >= 11 is 4.96. The molecule has 2 aliphatic heterocycles. The van der Waals surface area contributed by atoms with Crippen LogP contribution in [0.25, 0.3) is 5.70 Å². The maximum absolute atomic E-state index is 15.2. The molecule has 0 fully saturated rings. The number of aromatic nitrogens is 3. The van der Waals surface area contributed by atoms with Gasteiger partial charge in [0.1, 0.15) is 23.7 Å². The summed E-state index contributed by atoms with van der Waals surface area (Å²) in [6.07, 6.45) is 1.49. The van der Waals surface area contributed by atoms with Crippen LogP contribution >= 0.6 is 27.7 Å². The lowest BCUT2D eigenvalue weighted by molar-refractivity contribution is 0.222. The predicted octanol–water partition coefficient (Wildman–Crippen LogP) is 6.46. The summed E-state index contributed by atoms with van der Waals surface area (Å²) in [5, 5.41) is 8.80. The second-order valence-corrected chi connectivity index (χ2v) is 9.48. The van der Waals surface area contributed by atoms with Gasteiger partial charge in [-0.1, -0.05) is 70.2 Å². The van der Waals surface area contributed by atoms with Crippen LogP contribution in [-0.4, -0.2) is 21.0 Å². The monoisotopic (exact) mass is 520 g/mol. The van der Waals surface area contributed by atoms with E-state index in [2.05, 4.69) is 26.2 Å². The zero-order chi connectivity index (χ0) is 22.5. The van der Waals surface area contributed by atoms with Gasteiger partial charge >= 0.3 is 0 Å². The number of hydrogen-bond donors (Lipinski definition) is 1. The van der Waals surface area contributed by atoms with Gasteiger partial charge in [0, 0.05) is 21.2 Å². The van der Waals surface area contributed by atoms with E-state index in [9.17, 15) is 0 Å². The first kappa shape index (κ1) is 20.5. The zero-order valence-corrected chi connectivity index (χ0v) is 19.9. The van der Waals surface area contributed by atoms with Crippen LogP contribution in [0.5, 0.6) is 5.75 Å². The molecule has 3 heterocycles. The molecule has 0 bridgehead atoms. The molecule has 0 saturated carbocycles. The third-order valence-corrected chi connectivity index (χ3v) is 6.98. The first-order chi connectivity index (χ1) is 16.1. The normalized spacial score (nSPS) is 18.6. The van der Waals surface area contributed by atoms with Crippen molar-refractivity contribution in [3.63, 3.8) is 0 Å². The van der Waals surface area contributed by atoms with Crippen LogP contribution < -0.4 is 10.1 Å². The Morgan fingerprint density at radius 1 is 1.03 bits per heavy atom. The zero-order valence-electron chi connectivity index (χ0n) is 17.5. The summed E-state index contributed by atoms with van der Waals surface area (Å²) in [6.45, 7) is 0. The average Bonchev–Trinajstić information content (AvgIpc) is 3.26. The highest BCUT2D eigenvalue weighted by Gasteiger charge is 2.42.